The molecule has 2 amide bonds. The first-order valence-corrected chi connectivity index (χ1v) is 21.8. The molecule has 6 fully saturated rings. The first-order chi connectivity index (χ1) is 28.2. The van der Waals surface area contributed by atoms with Gasteiger partial charge in [0.05, 0.1) is 51.6 Å². The molecule has 14 heteroatoms. The number of amides is 2. The maximum atomic E-state index is 17.8. The summed E-state index contributed by atoms with van der Waals surface area (Å²) >= 11 is 13.3. The van der Waals surface area contributed by atoms with Crippen molar-refractivity contribution in [1.29, 1.82) is 5.26 Å². The number of carbonyl (C=O) groups excluding carboxylic acids is 2. The second-order valence-electron chi connectivity index (χ2n) is 18.0. The molecule has 2 aromatic heterocycles. The van der Waals surface area contributed by atoms with Crippen molar-refractivity contribution in [3.63, 3.8) is 0 Å². The Balaban J connectivity index is 1.32. The zero-order valence-electron chi connectivity index (χ0n) is 33.8. The smallest absolute Gasteiger partial charge is 0.410 e. The maximum absolute atomic E-state index is 17.8. The van der Waals surface area contributed by atoms with Crippen LogP contribution in [-0.4, -0.2) is 80.2 Å². The van der Waals surface area contributed by atoms with E-state index >= 15 is 4.39 Å². The number of fused-ring (bicyclic) bond motifs is 4. The number of ether oxygens (including phenoxy) is 3. The second kappa shape index (κ2) is 15.5. The lowest BCUT2D eigenvalue weighted by atomic mass is 9.79. The van der Waals surface area contributed by atoms with Crippen LogP contribution in [0.2, 0.25) is 10.0 Å². The van der Waals surface area contributed by atoms with E-state index in [1.54, 1.807) is 23.1 Å². The molecule has 2 saturated carbocycles. The van der Waals surface area contributed by atoms with Gasteiger partial charge in [-0.3, -0.25) is 4.79 Å². The van der Waals surface area contributed by atoms with Gasteiger partial charge in [0.15, 0.2) is 12.1 Å². The van der Waals surface area contributed by atoms with Gasteiger partial charge in [0.25, 0.3) is 0 Å². The Labute approximate surface area is 353 Å². The van der Waals surface area contributed by atoms with Crippen LogP contribution >= 0.6 is 23.2 Å². The lowest BCUT2D eigenvalue weighted by Gasteiger charge is -2.40. The third kappa shape index (κ3) is 7.24. The zero-order valence-corrected chi connectivity index (χ0v) is 35.4. The molecule has 4 aromatic rings. The van der Waals surface area contributed by atoms with Gasteiger partial charge in [-0.05, 0) is 96.4 Å². The predicted molar refractivity (Wildman–Crippen MR) is 221 cm³/mol. The molecule has 2 aromatic carbocycles. The Morgan fingerprint density at radius 3 is 2.61 bits per heavy atom. The van der Waals surface area contributed by atoms with E-state index in [9.17, 15) is 20.0 Å². The number of hydrogen-bond acceptors (Lipinski definition) is 8. The van der Waals surface area contributed by atoms with Crippen molar-refractivity contribution in [2.75, 3.05) is 19.7 Å². The summed E-state index contributed by atoms with van der Waals surface area (Å²) in [5.41, 5.74) is 2.59. The molecule has 6 heterocycles. The zero-order chi connectivity index (χ0) is 41.5. The van der Waals surface area contributed by atoms with E-state index < -0.39 is 36.0 Å². The van der Waals surface area contributed by atoms with Gasteiger partial charge in [-0.2, -0.15) is 5.26 Å². The molecule has 0 radical (unpaired) electrons. The summed E-state index contributed by atoms with van der Waals surface area (Å²) in [5, 5.41) is 22.7. The predicted octanol–water partition coefficient (Wildman–Crippen LogP) is 9.59. The van der Waals surface area contributed by atoms with E-state index in [2.05, 4.69) is 16.7 Å². The Morgan fingerprint density at radius 1 is 1.10 bits per heavy atom. The maximum Gasteiger partial charge on any atom is 0.410 e. The van der Waals surface area contributed by atoms with Crippen LogP contribution in [0.15, 0.2) is 30.3 Å². The number of pyridine rings is 1. The Hall–Kier alpha value is -3.99. The van der Waals surface area contributed by atoms with Crippen molar-refractivity contribution in [3.8, 4) is 17.2 Å². The summed E-state index contributed by atoms with van der Waals surface area (Å²) in [4.78, 5) is 36.4. The van der Waals surface area contributed by atoms with Gasteiger partial charge in [0, 0.05) is 72.0 Å². The van der Waals surface area contributed by atoms with E-state index in [1.807, 2.05) is 38.7 Å². The SMILES string of the molecule is C[C@@H](OC1CCCCO1)c1nc2c(F)c(-c3cccc(Cl)c3Cl)c(CCC#N)cc2c2c1cc([C@H]1C[C@H](O)CN1C(=O)C1CC1)n2[C@H]1[C@@H]2C[C@H]1N(C(=O)OC(C)(C)C)C2. The van der Waals surface area contributed by atoms with Crippen molar-refractivity contribution in [1.82, 2.24) is 19.4 Å². The molecule has 10 rings (SSSR count). The van der Waals surface area contributed by atoms with Gasteiger partial charge in [0.1, 0.15) is 17.2 Å². The minimum Gasteiger partial charge on any atom is -0.444 e. The highest BCUT2D eigenvalue weighted by molar-refractivity contribution is 6.43. The van der Waals surface area contributed by atoms with Crippen LogP contribution in [0, 0.1) is 29.0 Å². The molecule has 4 saturated heterocycles. The number of aliphatic hydroxyl groups excluding tert-OH is 1. The number of halogens is 3. The number of rotatable bonds is 9. The monoisotopic (exact) mass is 845 g/mol. The number of nitriles is 1. The standard InChI is InChI=1S/C45H50Cl2FN5O6/c1-23(58-35-12-5-6-16-57-35)39-30-20-33(32-19-27(54)22-51(32)43(55)24-13-14-24)53(41-26-18-34(41)52(21-26)44(56)59-45(2,3)4)42(30)29-17-25(9-8-15-49)36(38(48)40(29)50-39)28-10-7-11-31(46)37(28)47/h7,10-11,17,20,23-24,26-27,32,34-35,41,54H,5-6,8-9,12-14,16,18-19,21-22H2,1-4H3/t23-,26-,27+,32-,34-,35?,41+/m1/s1. The number of carbonyl (C=O) groups is 2. The molecule has 2 bridgehead atoms. The second-order valence-corrected chi connectivity index (χ2v) is 18.8. The third-order valence-electron chi connectivity index (χ3n) is 12.8. The van der Waals surface area contributed by atoms with Gasteiger partial charge in [-0.25, -0.2) is 14.2 Å². The fourth-order valence-corrected chi connectivity index (χ4v) is 10.4. The topological polar surface area (TPSA) is 130 Å². The van der Waals surface area contributed by atoms with E-state index in [1.165, 1.54) is 0 Å². The molecular weight excluding hydrogens is 796 g/mol. The first-order valence-electron chi connectivity index (χ1n) is 21.0. The number of aliphatic hydroxyl groups is 1. The first kappa shape index (κ1) is 40.4. The fourth-order valence-electron chi connectivity index (χ4n) is 9.96. The fraction of sp³-hybridized carbons (Fsp3) is 0.556. The summed E-state index contributed by atoms with van der Waals surface area (Å²) in [6.45, 7) is 8.72. The van der Waals surface area contributed by atoms with E-state index in [0.717, 1.165) is 43.2 Å². The Morgan fingerprint density at radius 2 is 1.90 bits per heavy atom. The molecule has 1 unspecified atom stereocenters. The van der Waals surface area contributed by atoms with Crippen molar-refractivity contribution in [3.05, 3.63) is 63.1 Å². The molecule has 0 spiro atoms. The number of nitrogens with zero attached hydrogens (tertiary/aromatic N) is 5. The number of aromatic nitrogens is 2. The number of β-amino-alcohol motifs (C(OH)–C–C–N with tert-alkyl or cyclic N) is 1. The summed E-state index contributed by atoms with van der Waals surface area (Å²) in [6, 6.07) is 10.3. The van der Waals surface area contributed by atoms with Crippen molar-refractivity contribution >= 4 is 57.0 Å². The average Bonchev–Trinajstić information content (AvgIpc) is 3.47. The summed E-state index contributed by atoms with van der Waals surface area (Å²) < 4.78 is 38.5. The lowest BCUT2D eigenvalue weighted by molar-refractivity contribution is -0.186. The molecule has 7 atom stereocenters. The average molecular weight is 847 g/mol. The van der Waals surface area contributed by atoms with Gasteiger partial charge in [-0.1, -0.05) is 35.3 Å². The van der Waals surface area contributed by atoms with Gasteiger partial charge >= 0.3 is 6.09 Å². The van der Waals surface area contributed by atoms with Crippen LogP contribution in [0.5, 0.6) is 0 Å². The molecule has 4 aliphatic heterocycles. The molecule has 11 nitrogen and oxygen atoms in total. The van der Waals surface area contributed by atoms with Crippen LogP contribution in [-0.2, 0) is 25.4 Å². The van der Waals surface area contributed by atoms with Crippen LogP contribution in [0.1, 0.15) is 114 Å². The van der Waals surface area contributed by atoms with Crippen LogP contribution in [0.4, 0.5) is 9.18 Å². The Kier molecular flexibility index (Phi) is 10.6. The molecule has 1 N–H and O–H groups in total. The van der Waals surface area contributed by atoms with Crippen LogP contribution < -0.4 is 0 Å². The summed E-state index contributed by atoms with van der Waals surface area (Å²) in [7, 11) is 0. The summed E-state index contributed by atoms with van der Waals surface area (Å²) in [5.74, 6) is -0.604. The lowest BCUT2D eigenvalue weighted by Crippen LogP contribution is -2.45. The van der Waals surface area contributed by atoms with Crippen molar-refractivity contribution in [2.45, 2.75) is 128 Å². The molecule has 2 aliphatic carbocycles. The van der Waals surface area contributed by atoms with Crippen LogP contribution in [0.3, 0.4) is 0 Å². The molecular formula is C45H50Cl2FN5O6. The minimum absolute atomic E-state index is 0.0255. The van der Waals surface area contributed by atoms with Gasteiger partial charge in [-0.15, -0.1) is 0 Å². The van der Waals surface area contributed by atoms with E-state index in [4.69, 9.17) is 42.4 Å². The number of likely N-dealkylation sites (tertiary alicyclic amines) is 1. The van der Waals surface area contributed by atoms with Gasteiger partial charge < -0.3 is 33.7 Å². The summed E-state index contributed by atoms with van der Waals surface area (Å²) in [6.07, 6.45) is 3.47. The largest absolute Gasteiger partial charge is 0.444 e. The normalized spacial score (nSPS) is 26.0. The van der Waals surface area contributed by atoms with E-state index in [-0.39, 0.29) is 76.4 Å². The minimum atomic E-state index is -0.731. The quantitative estimate of drug-likeness (QED) is 0.176. The van der Waals surface area contributed by atoms with Crippen molar-refractivity contribution in [2.24, 2.45) is 11.8 Å². The highest BCUT2D eigenvalue weighted by atomic mass is 35.5. The third-order valence-corrected chi connectivity index (χ3v) is 13.6. The number of aryl methyl sites for hydroxylation is 1. The van der Waals surface area contributed by atoms with Crippen molar-refractivity contribution < 1.29 is 33.3 Å². The Bertz CT molecular complexity index is 2380. The number of hydrogen-bond donors (Lipinski definition) is 1. The highest BCUT2D eigenvalue weighted by Crippen LogP contribution is 2.55. The number of benzene rings is 2. The molecule has 6 aliphatic rings. The molecule has 312 valence electrons. The van der Waals surface area contributed by atoms with Crippen LogP contribution in [0.25, 0.3) is 32.9 Å². The van der Waals surface area contributed by atoms with Gasteiger partial charge in [0.2, 0.25) is 5.91 Å². The molecule has 59 heavy (non-hydrogen) atoms. The highest BCUT2D eigenvalue weighted by Gasteiger charge is 2.57. The van der Waals surface area contributed by atoms with E-state index in [0.29, 0.717) is 53.7 Å².